The summed E-state index contributed by atoms with van der Waals surface area (Å²) in [5.41, 5.74) is 4.88. The van der Waals surface area contributed by atoms with Crippen LogP contribution in [-0.4, -0.2) is 31.3 Å². The molecule has 5 aromatic carbocycles. The molecule has 51 heavy (non-hydrogen) atoms. The fourth-order valence-corrected chi connectivity index (χ4v) is 7.08. The Bertz CT molecular complexity index is 1990. The lowest BCUT2D eigenvalue weighted by molar-refractivity contribution is -0.385. The second-order valence-electron chi connectivity index (χ2n) is 11.9. The third kappa shape index (κ3) is 8.63. The average Bonchev–Trinajstić information content (AvgIpc) is 3.63. The zero-order valence-corrected chi connectivity index (χ0v) is 29.3. The minimum absolute atomic E-state index is 0.0878. The van der Waals surface area contributed by atoms with Crippen molar-refractivity contribution in [2.75, 3.05) is 5.75 Å². The average molecular weight is 714 g/mol. The van der Waals surface area contributed by atoms with Crippen LogP contribution in [0.25, 0.3) is 0 Å². The number of nitro benzene ring substituents is 1. The highest BCUT2D eigenvalue weighted by Gasteiger charge is 2.38. The van der Waals surface area contributed by atoms with E-state index < -0.39 is 10.5 Å². The highest BCUT2D eigenvalue weighted by Crippen LogP contribution is 2.40. The number of carbonyl (C=O) groups excluding carboxylic acids is 1. The van der Waals surface area contributed by atoms with Gasteiger partial charge in [0.15, 0.2) is 5.17 Å². The normalized spacial score (nSPS) is 11.7. The number of thioether (sulfide) groups is 1. The molecule has 0 radical (unpaired) electrons. The SMILES string of the molecule is O=C(Cc1ccccc1[N+](=O)[O-])NC(=NCc1ccc(Cl)cc1)SCCCc1cn(C(c2ccccc2)(c2ccccc2)c2ccccc2)cn1. The number of hydrogen-bond acceptors (Lipinski definition) is 6. The van der Waals surface area contributed by atoms with Crippen LogP contribution in [0, 0.1) is 10.1 Å². The van der Waals surface area contributed by atoms with Gasteiger partial charge in [-0.25, -0.2) is 4.98 Å². The second kappa shape index (κ2) is 16.9. The van der Waals surface area contributed by atoms with Crippen LogP contribution < -0.4 is 5.32 Å². The fraction of sp³-hybridized carbons (Fsp3) is 0.146. The predicted molar refractivity (Wildman–Crippen MR) is 205 cm³/mol. The lowest BCUT2D eigenvalue weighted by Crippen LogP contribution is -2.36. The highest BCUT2D eigenvalue weighted by molar-refractivity contribution is 8.13. The topological polar surface area (TPSA) is 102 Å². The Morgan fingerprint density at radius 2 is 1.39 bits per heavy atom. The van der Waals surface area contributed by atoms with Crippen LogP contribution in [0.15, 0.2) is 157 Å². The lowest BCUT2D eigenvalue weighted by Gasteiger charge is -2.37. The van der Waals surface area contributed by atoms with Crippen molar-refractivity contribution < 1.29 is 9.72 Å². The number of benzene rings is 5. The van der Waals surface area contributed by atoms with Crippen molar-refractivity contribution in [2.45, 2.75) is 31.3 Å². The van der Waals surface area contributed by atoms with E-state index in [-0.39, 0.29) is 18.0 Å². The number of aliphatic imine (C=N–C) groups is 1. The summed E-state index contributed by atoms with van der Waals surface area (Å²) >= 11 is 7.50. The zero-order valence-electron chi connectivity index (χ0n) is 27.8. The predicted octanol–water partition coefficient (Wildman–Crippen LogP) is 8.87. The number of halogens is 1. The molecule has 1 amide bonds. The number of imidazole rings is 1. The maximum atomic E-state index is 13.1. The summed E-state index contributed by atoms with van der Waals surface area (Å²) in [6.45, 7) is 0.343. The van der Waals surface area contributed by atoms with E-state index in [0.29, 0.717) is 34.5 Å². The highest BCUT2D eigenvalue weighted by atomic mass is 35.5. The number of nitrogens with zero attached hydrogens (tertiary/aromatic N) is 4. The van der Waals surface area contributed by atoms with E-state index in [0.717, 1.165) is 34.4 Å². The molecule has 0 bridgehead atoms. The molecule has 6 rings (SSSR count). The van der Waals surface area contributed by atoms with Crippen LogP contribution >= 0.6 is 23.4 Å². The van der Waals surface area contributed by atoms with E-state index in [2.05, 4.69) is 88.9 Å². The largest absolute Gasteiger partial charge is 0.319 e. The molecule has 0 unspecified atom stereocenters. The van der Waals surface area contributed by atoms with Crippen LogP contribution in [-0.2, 0) is 29.7 Å². The molecule has 0 saturated heterocycles. The van der Waals surface area contributed by atoms with Gasteiger partial charge < -0.3 is 9.88 Å². The molecule has 0 saturated carbocycles. The Hall–Kier alpha value is -5.51. The molecule has 10 heteroatoms. The zero-order chi connectivity index (χ0) is 35.5. The first kappa shape index (κ1) is 35.3. The Labute approximate surface area is 306 Å². The Balaban J connectivity index is 1.19. The second-order valence-corrected chi connectivity index (χ2v) is 13.4. The molecule has 0 fully saturated rings. The van der Waals surface area contributed by atoms with Crippen molar-refractivity contribution in [3.8, 4) is 0 Å². The van der Waals surface area contributed by atoms with Crippen LogP contribution in [0.5, 0.6) is 0 Å². The van der Waals surface area contributed by atoms with E-state index in [1.807, 2.05) is 36.7 Å². The summed E-state index contributed by atoms with van der Waals surface area (Å²) in [5.74, 6) is 0.295. The van der Waals surface area contributed by atoms with Crippen LogP contribution in [0.2, 0.25) is 5.02 Å². The van der Waals surface area contributed by atoms with E-state index in [1.165, 1.54) is 17.8 Å². The molecule has 256 valence electrons. The smallest absolute Gasteiger partial charge is 0.273 e. The summed E-state index contributed by atoms with van der Waals surface area (Å²) in [7, 11) is 0. The molecular weight excluding hydrogens is 678 g/mol. The third-order valence-corrected chi connectivity index (χ3v) is 9.77. The number of para-hydroxylation sites is 1. The quantitative estimate of drug-likeness (QED) is 0.0322. The molecule has 1 aromatic heterocycles. The van der Waals surface area contributed by atoms with Gasteiger partial charge in [-0.3, -0.25) is 19.9 Å². The van der Waals surface area contributed by atoms with Crippen LogP contribution in [0.4, 0.5) is 5.69 Å². The van der Waals surface area contributed by atoms with Gasteiger partial charge in [0.2, 0.25) is 5.91 Å². The van der Waals surface area contributed by atoms with Gasteiger partial charge in [0, 0.05) is 28.6 Å². The van der Waals surface area contributed by atoms with Gasteiger partial charge in [-0.2, -0.15) is 0 Å². The molecular formula is C41H36ClN5O3S. The number of amides is 1. The molecule has 0 atom stereocenters. The molecule has 1 N–H and O–H groups in total. The number of carbonyl (C=O) groups is 1. The number of aryl methyl sites for hydroxylation is 1. The van der Waals surface area contributed by atoms with Crippen molar-refractivity contribution in [3.05, 3.63) is 201 Å². The van der Waals surface area contributed by atoms with Crippen molar-refractivity contribution in [2.24, 2.45) is 4.99 Å². The standard InChI is InChI=1S/C41H36ClN5O3S/c42-36-24-22-31(23-25-36)28-43-40(45-39(48)27-32-13-10-11-21-38(32)47(49)50)51-26-12-20-37-29-46(30-44-37)41(33-14-4-1-5-15-33,34-16-6-2-7-17-34)35-18-8-3-9-19-35/h1-11,13-19,21-25,29-30H,12,20,26-28H2,(H,43,45,48). The van der Waals surface area contributed by atoms with Crippen molar-refractivity contribution >= 4 is 40.1 Å². The first-order valence-corrected chi connectivity index (χ1v) is 17.9. The van der Waals surface area contributed by atoms with Crippen molar-refractivity contribution in [1.82, 2.24) is 14.9 Å². The van der Waals surface area contributed by atoms with E-state index in [1.54, 1.807) is 30.3 Å². The van der Waals surface area contributed by atoms with Gasteiger partial charge in [-0.1, -0.05) is 145 Å². The summed E-state index contributed by atoms with van der Waals surface area (Å²) in [5, 5.41) is 15.5. The summed E-state index contributed by atoms with van der Waals surface area (Å²) in [6, 6.07) is 45.1. The Morgan fingerprint density at radius 3 is 1.98 bits per heavy atom. The molecule has 0 spiro atoms. The molecule has 6 aromatic rings. The van der Waals surface area contributed by atoms with E-state index in [4.69, 9.17) is 21.6 Å². The van der Waals surface area contributed by atoms with E-state index >= 15 is 0 Å². The molecule has 0 aliphatic heterocycles. The van der Waals surface area contributed by atoms with Gasteiger partial charge in [-0.05, 0) is 47.2 Å². The first-order chi connectivity index (χ1) is 24.9. The number of aromatic nitrogens is 2. The van der Waals surface area contributed by atoms with Crippen molar-refractivity contribution in [3.63, 3.8) is 0 Å². The van der Waals surface area contributed by atoms with Gasteiger partial charge in [0.05, 0.1) is 29.9 Å². The molecule has 1 heterocycles. The minimum Gasteiger partial charge on any atom is -0.319 e. The van der Waals surface area contributed by atoms with Gasteiger partial charge >= 0.3 is 0 Å². The first-order valence-electron chi connectivity index (χ1n) is 16.6. The van der Waals surface area contributed by atoms with Gasteiger partial charge in [0.1, 0.15) is 5.54 Å². The van der Waals surface area contributed by atoms with Gasteiger partial charge in [-0.15, -0.1) is 0 Å². The Morgan fingerprint density at radius 1 is 0.824 bits per heavy atom. The van der Waals surface area contributed by atoms with Crippen LogP contribution in [0.3, 0.4) is 0 Å². The number of nitrogens with one attached hydrogen (secondary N) is 1. The lowest BCUT2D eigenvalue weighted by atomic mass is 9.77. The fourth-order valence-electron chi connectivity index (χ4n) is 6.13. The third-order valence-electron chi connectivity index (χ3n) is 8.52. The number of amidine groups is 1. The monoisotopic (exact) mass is 713 g/mol. The molecule has 0 aliphatic rings. The maximum absolute atomic E-state index is 13.1. The Kier molecular flexibility index (Phi) is 11.7. The number of rotatable bonds is 13. The molecule has 8 nitrogen and oxygen atoms in total. The summed E-state index contributed by atoms with van der Waals surface area (Å²) < 4.78 is 2.21. The summed E-state index contributed by atoms with van der Waals surface area (Å²) in [6.07, 6.45) is 5.39. The minimum atomic E-state index is -0.636. The van der Waals surface area contributed by atoms with Crippen LogP contribution in [0.1, 0.15) is 39.9 Å². The van der Waals surface area contributed by atoms with E-state index in [9.17, 15) is 14.9 Å². The van der Waals surface area contributed by atoms with Crippen molar-refractivity contribution in [1.29, 1.82) is 0 Å². The maximum Gasteiger partial charge on any atom is 0.273 e. The van der Waals surface area contributed by atoms with Gasteiger partial charge in [0.25, 0.3) is 5.69 Å². The summed E-state index contributed by atoms with van der Waals surface area (Å²) in [4.78, 5) is 33.7. The number of nitro groups is 1. The molecule has 0 aliphatic carbocycles. The number of hydrogen-bond donors (Lipinski definition) is 1.